The zero-order valence-corrected chi connectivity index (χ0v) is 19.2. The van der Waals surface area contributed by atoms with Crippen molar-refractivity contribution in [1.29, 1.82) is 0 Å². The summed E-state index contributed by atoms with van der Waals surface area (Å²) in [5.74, 6) is 0.835. The largest absolute Gasteiger partial charge is 0.367 e. The molecule has 1 aliphatic rings. The van der Waals surface area contributed by atoms with Gasteiger partial charge in [0.1, 0.15) is 11.9 Å². The van der Waals surface area contributed by atoms with Crippen LogP contribution in [-0.2, 0) is 11.2 Å². The number of halogens is 1. The summed E-state index contributed by atoms with van der Waals surface area (Å²) in [5, 5.41) is 8.92. The first kappa shape index (κ1) is 24.7. The highest BCUT2D eigenvalue weighted by molar-refractivity contribution is 5.98. The Labute approximate surface area is 199 Å². The fourth-order valence-corrected chi connectivity index (χ4v) is 3.77. The molecule has 6 nitrogen and oxygen atoms in total. The van der Waals surface area contributed by atoms with Crippen LogP contribution in [0.15, 0.2) is 78.1 Å². The Morgan fingerprint density at radius 1 is 1.15 bits per heavy atom. The van der Waals surface area contributed by atoms with Crippen molar-refractivity contribution < 1.29 is 14.0 Å². The molecule has 1 aliphatic heterocycles. The summed E-state index contributed by atoms with van der Waals surface area (Å²) in [4.78, 5) is 28.3. The van der Waals surface area contributed by atoms with E-state index in [0.717, 1.165) is 37.4 Å². The van der Waals surface area contributed by atoms with E-state index >= 15 is 0 Å². The van der Waals surface area contributed by atoms with Crippen molar-refractivity contribution in [3.05, 3.63) is 95.1 Å². The van der Waals surface area contributed by atoms with E-state index in [9.17, 15) is 14.0 Å². The molecule has 1 saturated heterocycles. The van der Waals surface area contributed by atoms with Crippen molar-refractivity contribution in [3.63, 3.8) is 0 Å². The molecule has 34 heavy (non-hydrogen) atoms. The van der Waals surface area contributed by atoms with Gasteiger partial charge in [0.25, 0.3) is 5.91 Å². The van der Waals surface area contributed by atoms with Crippen molar-refractivity contribution in [2.75, 3.05) is 26.2 Å². The minimum atomic E-state index is -0.931. The van der Waals surface area contributed by atoms with Gasteiger partial charge in [-0.25, -0.2) is 4.39 Å². The third-order valence-electron chi connectivity index (χ3n) is 5.52. The molecule has 176 valence electrons. The number of hydrogen-bond acceptors (Lipinski definition) is 4. The number of terminal acetylenes is 1. The first-order valence-electron chi connectivity index (χ1n) is 11.2. The van der Waals surface area contributed by atoms with E-state index in [-0.39, 0.29) is 12.0 Å². The Morgan fingerprint density at radius 2 is 1.82 bits per heavy atom. The van der Waals surface area contributed by atoms with Crippen LogP contribution in [0.2, 0.25) is 0 Å². The number of nitrogens with zero attached hydrogens (tertiary/aromatic N) is 1. The van der Waals surface area contributed by atoms with Crippen LogP contribution in [0.25, 0.3) is 0 Å². The second kappa shape index (κ2) is 12.4. The third kappa shape index (κ3) is 6.56. The van der Waals surface area contributed by atoms with E-state index in [1.54, 1.807) is 18.2 Å². The lowest BCUT2D eigenvalue weighted by molar-refractivity contribution is -0.122. The van der Waals surface area contributed by atoms with Crippen LogP contribution in [0, 0.1) is 18.2 Å². The van der Waals surface area contributed by atoms with Gasteiger partial charge in [0.05, 0.1) is 17.0 Å². The van der Waals surface area contributed by atoms with Crippen LogP contribution in [0.1, 0.15) is 22.8 Å². The second-order valence-corrected chi connectivity index (χ2v) is 7.82. The maximum Gasteiger partial charge on any atom is 0.254 e. The molecule has 2 aromatic carbocycles. The maximum absolute atomic E-state index is 14.2. The van der Waals surface area contributed by atoms with Gasteiger partial charge in [0, 0.05) is 38.7 Å². The van der Waals surface area contributed by atoms with E-state index in [1.165, 1.54) is 18.2 Å². The average molecular weight is 461 g/mol. The third-order valence-corrected chi connectivity index (χ3v) is 5.52. The molecule has 7 heteroatoms. The van der Waals surface area contributed by atoms with Gasteiger partial charge in [-0.3, -0.25) is 9.59 Å². The minimum Gasteiger partial charge on any atom is -0.367 e. The normalized spacial score (nSPS) is 15.3. The zero-order chi connectivity index (χ0) is 24.3. The number of allylic oxidation sites excluding steroid dienone is 2. The molecule has 0 saturated carbocycles. The number of amides is 2. The molecule has 0 aromatic heterocycles. The predicted octanol–water partition coefficient (Wildman–Crippen LogP) is 2.61. The zero-order valence-electron chi connectivity index (χ0n) is 19.2. The Kier molecular flexibility index (Phi) is 9.01. The Balaban J connectivity index is 1.83. The molecule has 0 aliphatic carbocycles. The SMILES string of the molecule is C#C/C=C(\C(=C/C)NC(=O)C(Cc1ccccc1)NC(=O)c1ccccc1F)N1CCNCC1. The van der Waals surface area contributed by atoms with E-state index < -0.39 is 23.7 Å². The number of rotatable bonds is 8. The highest BCUT2D eigenvalue weighted by Crippen LogP contribution is 2.15. The van der Waals surface area contributed by atoms with Gasteiger partial charge in [-0.15, -0.1) is 6.42 Å². The predicted molar refractivity (Wildman–Crippen MR) is 131 cm³/mol. The summed E-state index contributed by atoms with van der Waals surface area (Å²) in [6.45, 7) is 4.92. The highest BCUT2D eigenvalue weighted by Gasteiger charge is 2.25. The topological polar surface area (TPSA) is 73.5 Å². The van der Waals surface area contributed by atoms with Gasteiger partial charge in [0.15, 0.2) is 0 Å². The van der Waals surface area contributed by atoms with Crippen molar-refractivity contribution in [3.8, 4) is 12.3 Å². The summed E-state index contributed by atoms with van der Waals surface area (Å²) in [7, 11) is 0. The number of hydrogen-bond donors (Lipinski definition) is 3. The molecule has 2 aromatic rings. The van der Waals surface area contributed by atoms with Crippen molar-refractivity contribution in [2.45, 2.75) is 19.4 Å². The van der Waals surface area contributed by atoms with E-state index in [2.05, 4.69) is 26.8 Å². The molecule has 1 unspecified atom stereocenters. The van der Waals surface area contributed by atoms with Crippen molar-refractivity contribution in [1.82, 2.24) is 20.9 Å². The fraction of sp³-hybridized carbons (Fsp3) is 0.259. The van der Waals surface area contributed by atoms with Crippen molar-refractivity contribution >= 4 is 11.8 Å². The van der Waals surface area contributed by atoms with Crippen LogP contribution in [0.3, 0.4) is 0 Å². The number of carbonyl (C=O) groups excluding carboxylic acids is 2. The summed E-state index contributed by atoms with van der Waals surface area (Å²) in [6, 6.07) is 14.1. The van der Waals surface area contributed by atoms with E-state index in [0.29, 0.717) is 5.70 Å². The molecule has 2 amide bonds. The Hall–Kier alpha value is -3.89. The first-order valence-corrected chi connectivity index (χ1v) is 11.2. The van der Waals surface area contributed by atoms with Gasteiger partial charge in [-0.1, -0.05) is 54.5 Å². The number of carbonyl (C=O) groups is 2. The maximum atomic E-state index is 14.2. The Bertz CT molecular complexity index is 1100. The highest BCUT2D eigenvalue weighted by atomic mass is 19.1. The second-order valence-electron chi connectivity index (χ2n) is 7.82. The molecule has 1 heterocycles. The lowest BCUT2D eigenvalue weighted by Gasteiger charge is -2.33. The van der Waals surface area contributed by atoms with Crippen LogP contribution in [0.4, 0.5) is 4.39 Å². The molecule has 0 bridgehead atoms. The average Bonchev–Trinajstić information content (AvgIpc) is 2.87. The summed E-state index contributed by atoms with van der Waals surface area (Å²) >= 11 is 0. The minimum absolute atomic E-state index is 0.117. The van der Waals surface area contributed by atoms with Crippen LogP contribution < -0.4 is 16.0 Å². The summed E-state index contributed by atoms with van der Waals surface area (Å²) in [5.41, 5.74) is 2.04. The van der Waals surface area contributed by atoms with Gasteiger partial charge >= 0.3 is 0 Å². The molecule has 1 atom stereocenters. The standard InChI is InChI=1S/C27H29FN4O2/c1-3-10-25(32-17-15-29-16-18-32)23(4-2)30-27(34)24(19-20-11-6-5-7-12-20)31-26(33)21-13-8-9-14-22(21)28/h1,4-14,24,29H,15-19H2,2H3,(H,30,34)(H,31,33)/b23-4+,25-10+. The summed E-state index contributed by atoms with van der Waals surface area (Å²) < 4.78 is 14.2. The molecule has 3 rings (SSSR count). The number of piperazine rings is 1. The molecular weight excluding hydrogens is 431 g/mol. The van der Waals surface area contributed by atoms with E-state index in [1.807, 2.05) is 37.3 Å². The summed E-state index contributed by atoms with van der Waals surface area (Å²) in [6.07, 6.45) is 9.22. The molecule has 3 N–H and O–H groups in total. The van der Waals surface area contributed by atoms with Gasteiger partial charge in [-0.05, 0) is 24.6 Å². The monoisotopic (exact) mass is 460 g/mol. The van der Waals surface area contributed by atoms with Crippen LogP contribution in [-0.4, -0.2) is 48.9 Å². The molecule has 0 spiro atoms. The molecule has 1 fully saturated rings. The number of benzene rings is 2. The lowest BCUT2D eigenvalue weighted by atomic mass is 10.0. The first-order chi connectivity index (χ1) is 16.5. The quantitative estimate of drug-likeness (QED) is 0.418. The Morgan fingerprint density at radius 3 is 2.47 bits per heavy atom. The van der Waals surface area contributed by atoms with E-state index in [4.69, 9.17) is 6.42 Å². The van der Waals surface area contributed by atoms with Gasteiger partial charge in [0.2, 0.25) is 5.91 Å². The fourth-order valence-electron chi connectivity index (χ4n) is 3.77. The number of nitrogens with one attached hydrogen (secondary N) is 3. The lowest BCUT2D eigenvalue weighted by Crippen LogP contribution is -2.49. The molecule has 0 radical (unpaired) electrons. The van der Waals surface area contributed by atoms with Crippen molar-refractivity contribution in [2.24, 2.45) is 0 Å². The van der Waals surface area contributed by atoms with Gasteiger partial charge < -0.3 is 20.9 Å². The smallest absolute Gasteiger partial charge is 0.254 e. The van der Waals surface area contributed by atoms with Gasteiger partial charge in [-0.2, -0.15) is 0 Å². The molecular formula is C27H29FN4O2. The van der Waals surface area contributed by atoms with Crippen LogP contribution in [0.5, 0.6) is 0 Å². The van der Waals surface area contributed by atoms with Crippen LogP contribution >= 0.6 is 0 Å².